The summed E-state index contributed by atoms with van der Waals surface area (Å²) in [4.78, 5) is 21.7. The van der Waals surface area contributed by atoms with Crippen molar-refractivity contribution in [1.29, 1.82) is 0 Å². The van der Waals surface area contributed by atoms with Gasteiger partial charge >= 0.3 is 5.69 Å². The Labute approximate surface area is 301 Å². The van der Waals surface area contributed by atoms with Crippen LogP contribution in [0.3, 0.4) is 0 Å². The van der Waals surface area contributed by atoms with E-state index in [-0.39, 0.29) is 31.6 Å². The lowest BCUT2D eigenvalue weighted by Crippen LogP contribution is -2.46. The maximum atomic E-state index is 15.0. The second-order valence-electron chi connectivity index (χ2n) is 13.3. The molecule has 2 aliphatic heterocycles. The highest BCUT2D eigenvalue weighted by molar-refractivity contribution is 5.54. The Morgan fingerprint density at radius 1 is 0.942 bits per heavy atom. The van der Waals surface area contributed by atoms with Crippen LogP contribution in [-0.4, -0.2) is 79.7 Å². The highest BCUT2D eigenvalue weighted by atomic mass is 19.1. The van der Waals surface area contributed by atoms with Crippen LogP contribution in [0.25, 0.3) is 5.69 Å². The monoisotopic (exact) mass is 716 g/mol. The van der Waals surface area contributed by atoms with Crippen molar-refractivity contribution in [3.05, 3.63) is 113 Å². The van der Waals surface area contributed by atoms with Gasteiger partial charge in [-0.2, -0.15) is 10.2 Å². The van der Waals surface area contributed by atoms with Crippen molar-refractivity contribution in [3.63, 3.8) is 0 Å². The first-order valence-corrected chi connectivity index (χ1v) is 17.3. The lowest BCUT2D eigenvalue weighted by Gasteiger charge is -2.37. The zero-order valence-electron chi connectivity index (χ0n) is 28.7. The summed E-state index contributed by atoms with van der Waals surface area (Å²) in [5.74, 6) is -0.563. The molecule has 2 saturated heterocycles. The van der Waals surface area contributed by atoms with Gasteiger partial charge in [-0.15, -0.1) is 0 Å². The van der Waals surface area contributed by atoms with Crippen LogP contribution in [-0.2, 0) is 16.9 Å². The largest absolute Gasteiger partial charge is 0.493 e. The van der Waals surface area contributed by atoms with Crippen LogP contribution in [0.1, 0.15) is 45.7 Å². The number of ether oxygens (including phenoxy) is 2. The molecule has 2 fully saturated rings. The number of anilines is 2. The Morgan fingerprint density at radius 3 is 2.19 bits per heavy atom. The fraction of sp³-hybridized carbons (Fsp3) is 0.421. The summed E-state index contributed by atoms with van der Waals surface area (Å²) in [5, 5.41) is 18.5. The van der Waals surface area contributed by atoms with E-state index in [2.05, 4.69) is 37.1 Å². The van der Waals surface area contributed by atoms with E-state index < -0.39 is 23.3 Å². The van der Waals surface area contributed by atoms with Gasteiger partial charge in [0.2, 0.25) is 0 Å². The van der Waals surface area contributed by atoms with E-state index in [0.717, 1.165) is 55.1 Å². The topological polar surface area (TPSA) is 116 Å². The van der Waals surface area contributed by atoms with Gasteiger partial charge in [0.25, 0.3) is 0 Å². The van der Waals surface area contributed by atoms with E-state index in [1.54, 1.807) is 17.9 Å². The van der Waals surface area contributed by atoms with Crippen molar-refractivity contribution in [3.8, 4) is 11.4 Å². The number of aliphatic hydroxyl groups is 1. The van der Waals surface area contributed by atoms with Crippen LogP contribution >= 0.6 is 0 Å². The van der Waals surface area contributed by atoms with Gasteiger partial charge in [-0.25, -0.2) is 32.5 Å². The number of benzene rings is 3. The minimum Gasteiger partial charge on any atom is -0.493 e. The molecular formula is C38H46F2N8O4. The van der Waals surface area contributed by atoms with Gasteiger partial charge < -0.3 is 24.4 Å². The molecule has 12 nitrogen and oxygen atoms in total. The molecule has 0 aliphatic carbocycles. The van der Waals surface area contributed by atoms with Gasteiger partial charge in [0, 0.05) is 55.1 Å². The molecule has 2 aliphatic rings. The van der Waals surface area contributed by atoms with Crippen LogP contribution in [0.2, 0.25) is 0 Å². The molecule has 0 unspecified atom stereocenters. The van der Waals surface area contributed by atoms with E-state index in [1.165, 1.54) is 34.0 Å². The Hall–Kier alpha value is -5.08. The molecule has 0 radical (unpaired) electrons. The highest BCUT2D eigenvalue weighted by Crippen LogP contribution is 2.42. The summed E-state index contributed by atoms with van der Waals surface area (Å²) in [6, 6.07) is 19.2. The smallest absolute Gasteiger partial charge is 0.350 e. The summed E-state index contributed by atoms with van der Waals surface area (Å²) in [6.45, 7) is 7.97. The molecule has 3 aromatic carbocycles. The van der Waals surface area contributed by atoms with Gasteiger partial charge in [0.1, 0.15) is 42.0 Å². The number of piperazine rings is 1. The molecule has 0 saturated carbocycles. The number of halogens is 2. The van der Waals surface area contributed by atoms with Gasteiger partial charge in [-0.1, -0.05) is 20.4 Å². The average Bonchev–Trinajstić information content (AvgIpc) is 3.90. The Balaban J connectivity index is 0.00000464. The van der Waals surface area contributed by atoms with Crippen LogP contribution in [0.15, 0.2) is 90.5 Å². The van der Waals surface area contributed by atoms with Crippen molar-refractivity contribution in [1.82, 2.24) is 29.1 Å². The van der Waals surface area contributed by atoms with E-state index in [9.17, 15) is 18.7 Å². The van der Waals surface area contributed by atoms with Crippen molar-refractivity contribution in [2.45, 2.75) is 58.4 Å². The first kappa shape index (κ1) is 36.7. The van der Waals surface area contributed by atoms with Gasteiger partial charge in [0.05, 0.1) is 37.6 Å². The quantitative estimate of drug-likeness (QED) is 0.186. The van der Waals surface area contributed by atoms with Crippen LogP contribution in [0.5, 0.6) is 5.75 Å². The van der Waals surface area contributed by atoms with E-state index >= 15 is 0 Å². The summed E-state index contributed by atoms with van der Waals surface area (Å²) in [7, 11) is 0. The highest BCUT2D eigenvalue weighted by Gasteiger charge is 2.44. The molecule has 4 heterocycles. The molecule has 14 heteroatoms. The molecule has 0 amide bonds. The number of aromatic nitrogens is 6. The first-order valence-electron chi connectivity index (χ1n) is 17.3. The first-order chi connectivity index (χ1) is 24.7. The minimum absolute atomic E-state index is 0. The predicted octanol–water partition coefficient (Wildman–Crippen LogP) is 5.21. The number of rotatable bonds is 12. The van der Waals surface area contributed by atoms with Crippen molar-refractivity contribution in [2.75, 3.05) is 49.2 Å². The van der Waals surface area contributed by atoms with Crippen molar-refractivity contribution >= 4 is 11.4 Å². The lowest BCUT2D eigenvalue weighted by atomic mass is 9.87. The van der Waals surface area contributed by atoms with Gasteiger partial charge in [-0.3, -0.25) is 0 Å². The van der Waals surface area contributed by atoms with Gasteiger partial charge in [0.15, 0.2) is 0 Å². The maximum absolute atomic E-state index is 15.0. The van der Waals surface area contributed by atoms with Crippen LogP contribution in [0, 0.1) is 17.6 Å². The molecule has 276 valence electrons. The molecular weight excluding hydrogens is 670 g/mol. The lowest BCUT2D eigenvalue weighted by molar-refractivity contribution is -0.0206. The zero-order chi connectivity index (χ0) is 35.5. The number of hydrogen-bond donors (Lipinski definition) is 1. The normalized spacial score (nSPS) is 20.1. The van der Waals surface area contributed by atoms with Crippen molar-refractivity contribution in [2.24, 2.45) is 5.92 Å². The molecule has 7 rings (SSSR count). The zero-order valence-corrected chi connectivity index (χ0v) is 28.7. The summed E-state index contributed by atoms with van der Waals surface area (Å²) < 4.78 is 45.6. The van der Waals surface area contributed by atoms with Gasteiger partial charge in [-0.05, 0) is 74.4 Å². The van der Waals surface area contributed by atoms with E-state index in [4.69, 9.17) is 9.47 Å². The fourth-order valence-corrected chi connectivity index (χ4v) is 7.24. The summed E-state index contributed by atoms with van der Waals surface area (Å²) in [6.07, 6.45) is 4.88. The Bertz CT molecular complexity index is 1960. The second-order valence-corrected chi connectivity index (χ2v) is 13.3. The molecule has 52 heavy (non-hydrogen) atoms. The Morgan fingerprint density at radius 2 is 1.60 bits per heavy atom. The van der Waals surface area contributed by atoms with Crippen molar-refractivity contribution < 1.29 is 23.4 Å². The summed E-state index contributed by atoms with van der Waals surface area (Å²) >= 11 is 0. The van der Waals surface area contributed by atoms with E-state index in [0.29, 0.717) is 31.6 Å². The minimum atomic E-state index is -1.02. The molecule has 1 N–H and O–H groups in total. The fourth-order valence-electron chi connectivity index (χ4n) is 7.24. The molecule has 4 atom stereocenters. The molecule has 0 bridgehead atoms. The number of hydrogen-bond acceptors (Lipinski definition) is 9. The van der Waals surface area contributed by atoms with Crippen LogP contribution < -0.4 is 20.2 Å². The third-order valence-corrected chi connectivity index (χ3v) is 9.96. The predicted molar refractivity (Wildman–Crippen MR) is 194 cm³/mol. The van der Waals surface area contributed by atoms with Crippen LogP contribution in [0.4, 0.5) is 20.2 Å². The third kappa shape index (κ3) is 7.58. The molecule has 2 aromatic heterocycles. The maximum Gasteiger partial charge on any atom is 0.350 e. The summed E-state index contributed by atoms with van der Waals surface area (Å²) in [5.41, 5.74) is 1.93. The average molecular weight is 717 g/mol. The third-order valence-electron chi connectivity index (χ3n) is 9.96. The number of nitrogens with zero attached hydrogens (tertiary/aromatic N) is 8. The number of aliphatic hydroxyl groups excluding tert-OH is 1. The SMILES string of the molecule is C.CC[C@@H]([C@H](C)O)n1ncn(-c2ccc(N3CCN(c4ccc(OC[C@@H]5CO[C@@](Cn6cncn6)(c6ccc(F)cc6F)C5)cc4)CC3)cc2)c1=O. The van der Waals surface area contributed by atoms with E-state index in [1.807, 2.05) is 43.3 Å². The second kappa shape index (κ2) is 15.7. The standard InChI is InChI=1S/C37H42F2N8O4.CH4/c1-3-35(26(2)48)47-36(49)46(25-42-47)31-7-5-29(6-8-31)43-14-16-44(17-15-43)30-9-11-32(12-10-30)50-20-27-19-37(51-21-27,22-45-24-40-23-41-45)33-13-4-28(38)18-34(33)39;/h4-13,18,23-27,35,48H,3,14-17,19-22H2,1-2H3;1H4/t26-,27+,35-,37-;/m0./s1. The molecule has 0 spiro atoms. The molecule has 5 aromatic rings. The Kier molecular flexibility index (Phi) is 11.1.